The Labute approximate surface area is 136 Å². The summed E-state index contributed by atoms with van der Waals surface area (Å²) in [6, 6.07) is 7.35. The smallest absolute Gasteiger partial charge is 0.124 e. The van der Waals surface area contributed by atoms with Crippen molar-refractivity contribution >= 4 is 15.9 Å². The van der Waals surface area contributed by atoms with Crippen molar-refractivity contribution in [2.75, 3.05) is 26.2 Å². The zero-order chi connectivity index (χ0) is 14.7. The van der Waals surface area contributed by atoms with Gasteiger partial charge in [-0.25, -0.2) is 0 Å². The molecule has 3 rings (SSSR count). The van der Waals surface area contributed by atoms with Crippen LogP contribution in [0.4, 0.5) is 0 Å². The minimum Gasteiger partial charge on any atom is -0.493 e. The van der Waals surface area contributed by atoms with Crippen LogP contribution in [0.1, 0.15) is 44.2 Å². The monoisotopic (exact) mass is 352 g/mol. The molecule has 0 aromatic heterocycles. The first-order chi connectivity index (χ1) is 10.2. The van der Waals surface area contributed by atoms with Crippen LogP contribution in [0.25, 0.3) is 0 Å². The van der Waals surface area contributed by atoms with Gasteiger partial charge < -0.3 is 10.1 Å². The van der Waals surface area contributed by atoms with Crippen LogP contribution in [0.5, 0.6) is 5.75 Å². The van der Waals surface area contributed by atoms with Gasteiger partial charge in [-0.1, -0.05) is 22.4 Å². The van der Waals surface area contributed by atoms with Gasteiger partial charge in [0.2, 0.25) is 0 Å². The second-order valence-electron chi connectivity index (χ2n) is 6.23. The molecule has 2 atom stereocenters. The molecule has 2 unspecified atom stereocenters. The van der Waals surface area contributed by atoms with Crippen molar-refractivity contribution in [3.63, 3.8) is 0 Å². The zero-order valence-electron chi connectivity index (χ0n) is 12.8. The van der Waals surface area contributed by atoms with Crippen molar-refractivity contribution in [1.29, 1.82) is 0 Å². The number of ether oxygens (including phenoxy) is 1. The summed E-state index contributed by atoms with van der Waals surface area (Å²) in [7, 11) is 0. The number of fused-ring (bicyclic) bond motifs is 1. The van der Waals surface area contributed by atoms with E-state index in [0.29, 0.717) is 12.1 Å². The maximum absolute atomic E-state index is 5.76. The molecule has 0 bridgehead atoms. The lowest BCUT2D eigenvalue weighted by molar-refractivity contribution is 0.163. The number of benzene rings is 1. The Kier molecular flexibility index (Phi) is 5.19. The average Bonchev–Trinajstić information content (AvgIpc) is 2.53. The van der Waals surface area contributed by atoms with E-state index in [1.807, 2.05) is 0 Å². The Bertz CT molecular complexity index is 474. The second-order valence-corrected chi connectivity index (χ2v) is 7.14. The molecule has 2 heterocycles. The number of piperidine rings is 1. The normalized spacial score (nSPS) is 24.2. The van der Waals surface area contributed by atoms with Crippen molar-refractivity contribution in [2.45, 2.75) is 44.7 Å². The number of halogens is 1. The quantitative estimate of drug-likeness (QED) is 0.893. The summed E-state index contributed by atoms with van der Waals surface area (Å²) in [5.41, 5.74) is 1.29. The van der Waals surface area contributed by atoms with Crippen LogP contribution >= 0.6 is 15.9 Å². The third kappa shape index (κ3) is 3.79. The Morgan fingerprint density at radius 1 is 1.33 bits per heavy atom. The molecule has 4 heteroatoms. The fourth-order valence-electron chi connectivity index (χ4n) is 3.38. The van der Waals surface area contributed by atoms with Gasteiger partial charge in [0, 0.05) is 35.1 Å². The van der Waals surface area contributed by atoms with E-state index in [1.165, 1.54) is 37.9 Å². The Morgan fingerprint density at radius 2 is 2.14 bits per heavy atom. The summed E-state index contributed by atoms with van der Waals surface area (Å²) in [5.74, 6) is 1.03. The first-order valence-corrected chi connectivity index (χ1v) is 8.93. The highest BCUT2D eigenvalue weighted by atomic mass is 79.9. The number of likely N-dealkylation sites (tertiary alicyclic amines) is 1. The number of hydrogen-bond acceptors (Lipinski definition) is 3. The van der Waals surface area contributed by atoms with E-state index in [1.54, 1.807) is 0 Å². The van der Waals surface area contributed by atoms with E-state index < -0.39 is 0 Å². The standard InChI is InChI=1S/C17H25BrN2O/c1-13(20-8-3-2-4-9-20)12-19-16-7-10-21-17-6-5-14(18)11-15(16)17/h5-6,11,13,16,19H,2-4,7-10,12H2,1H3. The molecule has 2 aliphatic heterocycles. The molecule has 0 amide bonds. The van der Waals surface area contributed by atoms with Gasteiger partial charge in [-0.05, 0) is 51.1 Å². The van der Waals surface area contributed by atoms with Crippen molar-refractivity contribution < 1.29 is 4.74 Å². The van der Waals surface area contributed by atoms with Gasteiger partial charge in [0.05, 0.1) is 6.61 Å². The first-order valence-electron chi connectivity index (χ1n) is 8.14. The fourth-order valence-corrected chi connectivity index (χ4v) is 3.76. The summed E-state index contributed by atoms with van der Waals surface area (Å²) in [4.78, 5) is 2.62. The van der Waals surface area contributed by atoms with Crippen LogP contribution in [-0.2, 0) is 0 Å². The number of nitrogens with zero attached hydrogens (tertiary/aromatic N) is 1. The number of hydrogen-bond donors (Lipinski definition) is 1. The van der Waals surface area contributed by atoms with Crippen molar-refractivity contribution in [1.82, 2.24) is 10.2 Å². The summed E-state index contributed by atoms with van der Waals surface area (Å²) in [6.07, 6.45) is 5.17. The summed E-state index contributed by atoms with van der Waals surface area (Å²) < 4.78 is 6.89. The van der Waals surface area contributed by atoms with Gasteiger partial charge >= 0.3 is 0 Å². The third-order valence-electron chi connectivity index (χ3n) is 4.69. The van der Waals surface area contributed by atoms with Crippen LogP contribution in [0.3, 0.4) is 0 Å². The molecule has 21 heavy (non-hydrogen) atoms. The molecule has 1 fully saturated rings. The zero-order valence-corrected chi connectivity index (χ0v) is 14.4. The highest BCUT2D eigenvalue weighted by Gasteiger charge is 2.23. The van der Waals surface area contributed by atoms with Crippen LogP contribution in [-0.4, -0.2) is 37.2 Å². The Morgan fingerprint density at radius 3 is 2.95 bits per heavy atom. The maximum Gasteiger partial charge on any atom is 0.124 e. The summed E-state index contributed by atoms with van der Waals surface area (Å²) >= 11 is 3.57. The molecule has 1 saturated heterocycles. The second kappa shape index (κ2) is 7.12. The van der Waals surface area contributed by atoms with Crippen LogP contribution in [0.2, 0.25) is 0 Å². The molecule has 2 aliphatic rings. The van der Waals surface area contributed by atoms with Gasteiger partial charge in [0.1, 0.15) is 5.75 Å². The van der Waals surface area contributed by atoms with Crippen LogP contribution in [0.15, 0.2) is 22.7 Å². The molecule has 0 spiro atoms. The molecule has 1 aromatic carbocycles. The molecule has 1 aromatic rings. The van der Waals surface area contributed by atoms with Crippen molar-refractivity contribution in [3.05, 3.63) is 28.2 Å². The molecule has 0 radical (unpaired) electrons. The van der Waals surface area contributed by atoms with Gasteiger partial charge in [-0.2, -0.15) is 0 Å². The van der Waals surface area contributed by atoms with E-state index >= 15 is 0 Å². The van der Waals surface area contributed by atoms with Gasteiger partial charge in [0.15, 0.2) is 0 Å². The third-order valence-corrected chi connectivity index (χ3v) is 5.18. The lowest BCUT2D eigenvalue weighted by atomic mass is 10.00. The Balaban J connectivity index is 1.60. The lowest BCUT2D eigenvalue weighted by Gasteiger charge is -2.34. The molecule has 116 valence electrons. The number of nitrogens with one attached hydrogen (secondary N) is 1. The molecule has 3 nitrogen and oxygen atoms in total. The highest BCUT2D eigenvalue weighted by molar-refractivity contribution is 9.10. The minimum absolute atomic E-state index is 0.415. The molecule has 0 aliphatic carbocycles. The van der Waals surface area contributed by atoms with Gasteiger partial charge in [-0.15, -0.1) is 0 Å². The summed E-state index contributed by atoms with van der Waals surface area (Å²) in [6.45, 7) is 6.73. The van der Waals surface area contributed by atoms with Crippen LogP contribution < -0.4 is 10.1 Å². The van der Waals surface area contributed by atoms with E-state index in [4.69, 9.17) is 4.74 Å². The topological polar surface area (TPSA) is 24.5 Å². The molecular formula is C17H25BrN2O. The summed E-state index contributed by atoms with van der Waals surface area (Å²) in [5, 5.41) is 3.76. The molecule has 1 N–H and O–H groups in total. The molecular weight excluding hydrogens is 328 g/mol. The van der Waals surface area contributed by atoms with Gasteiger partial charge in [-0.3, -0.25) is 4.90 Å². The van der Waals surface area contributed by atoms with E-state index in [9.17, 15) is 0 Å². The van der Waals surface area contributed by atoms with E-state index in [-0.39, 0.29) is 0 Å². The highest BCUT2D eigenvalue weighted by Crippen LogP contribution is 2.34. The molecule has 0 saturated carbocycles. The predicted molar refractivity (Wildman–Crippen MR) is 89.9 cm³/mol. The van der Waals surface area contributed by atoms with E-state index in [2.05, 4.69) is 51.3 Å². The fraction of sp³-hybridized carbons (Fsp3) is 0.647. The lowest BCUT2D eigenvalue weighted by Crippen LogP contribution is -2.44. The first kappa shape index (κ1) is 15.3. The van der Waals surface area contributed by atoms with Crippen molar-refractivity contribution in [3.8, 4) is 5.75 Å². The predicted octanol–water partition coefficient (Wildman–Crippen LogP) is 3.74. The maximum atomic E-state index is 5.76. The minimum atomic E-state index is 0.415. The Hall–Kier alpha value is -0.580. The van der Waals surface area contributed by atoms with Gasteiger partial charge in [0.25, 0.3) is 0 Å². The number of rotatable bonds is 4. The average molecular weight is 353 g/mol. The SMILES string of the molecule is CC(CNC1CCOc2ccc(Br)cc21)N1CCCCC1. The van der Waals surface area contributed by atoms with E-state index in [0.717, 1.165) is 29.8 Å². The van der Waals surface area contributed by atoms with Crippen LogP contribution in [0, 0.1) is 0 Å². The largest absolute Gasteiger partial charge is 0.493 e. The van der Waals surface area contributed by atoms with Crippen molar-refractivity contribution in [2.24, 2.45) is 0 Å².